The van der Waals surface area contributed by atoms with Crippen LogP contribution in [0.25, 0.3) is 0 Å². The molecule has 8 heteroatoms. The van der Waals surface area contributed by atoms with Crippen LogP contribution in [0.3, 0.4) is 0 Å². The van der Waals surface area contributed by atoms with Crippen molar-refractivity contribution in [2.45, 2.75) is 44.9 Å². The smallest absolute Gasteiger partial charge is 0.273 e. The van der Waals surface area contributed by atoms with E-state index in [0.29, 0.717) is 24.6 Å². The Bertz CT molecular complexity index is 648. The summed E-state index contributed by atoms with van der Waals surface area (Å²) in [7, 11) is -3.99. The fraction of sp³-hybridized carbons (Fsp3) is 0.692. The van der Waals surface area contributed by atoms with Crippen LogP contribution in [-0.2, 0) is 16.4 Å². The third kappa shape index (κ3) is 3.44. The van der Waals surface area contributed by atoms with Gasteiger partial charge in [-0.15, -0.1) is 0 Å². The van der Waals surface area contributed by atoms with Crippen molar-refractivity contribution < 1.29 is 13.2 Å². The highest BCUT2D eigenvalue weighted by Gasteiger charge is 2.45. The Kier molecular flexibility index (Phi) is 4.12. The van der Waals surface area contributed by atoms with Gasteiger partial charge in [-0.2, -0.15) is 5.10 Å². The number of sulfonamides is 1. The van der Waals surface area contributed by atoms with Crippen LogP contribution in [0, 0.1) is 11.3 Å². The topological polar surface area (TPSA) is 118 Å². The lowest BCUT2D eigenvalue weighted by Crippen LogP contribution is -2.29. The molecule has 0 aliphatic heterocycles. The zero-order valence-corrected chi connectivity index (χ0v) is 13.4. The van der Waals surface area contributed by atoms with Crippen LogP contribution < -0.4 is 10.5 Å². The molecule has 1 aromatic rings. The number of H-pyrrole nitrogens is 1. The maximum absolute atomic E-state index is 12.2. The number of carbonyl (C=O) groups excluding carboxylic acids is 1. The van der Waals surface area contributed by atoms with Gasteiger partial charge in [0.1, 0.15) is 4.90 Å². The van der Waals surface area contributed by atoms with E-state index in [1.54, 1.807) is 0 Å². The average molecular weight is 314 g/mol. The first kappa shape index (κ1) is 16.0. The molecule has 118 valence electrons. The van der Waals surface area contributed by atoms with Gasteiger partial charge in [0.05, 0.1) is 5.69 Å². The van der Waals surface area contributed by atoms with Crippen molar-refractivity contribution in [2.75, 3.05) is 6.54 Å². The zero-order valence-electron chi connectivity index (χ0n) is 12.6. The number of amides is 1. The maximum atomic E-state index is 12.2. The van der Waals surface area contributed by atoms with Gasteiger partial charge in [0.2, 0.25) is 10.0 Å². The molecule has 21 heavy (non-hydrogen) atoms. The van der Waals surface area contributed by atoms with E-state index in [2.05, 4.69) is 29.4 Å². The van der Waals surface area contributed by atoms with Crippen molar-refractivity contribution in [3.05, 3.63) is 11.4 Å². The van der Waals surface area contributed by atoms with Crippen molar-refractivity contribution in [3.8, 4) is 0 Å². The minimum atomic E-state index is -3.99. The summed E-state index contributed by atoms with van der Waals surface area (Å²) in [5.74, 6) is -0.0752. The molecule has 0 saturated heterocycles. The van der Waals surface area contributed by atoms with Gasteiger partial charge in [-0.1, -0.05) is 27.2 Å². The van der Waals surface area contributed by atoms with E-state index in [-0.39, 0.29) is 16.0 Å². The Balaban J connectivity index is 2.17. The lowest BCUT2D eigenvalue weighted by molar-refractivity contribution is 0.0942. The number of nitrogens with one attached hydrogen (secondary N) is 2. The average Bonchev–Trinajstić information content (AvgIpc) is 2.78. The number of carbonyl (C=O) groups is 1. The predicted molar refractivity (Wildman–Crippen MR) is 78.2 cm³/mol. The number of nitrogens with zero attached hydrogens (tertiary/aromatic N) is 1. The van der Waals surface area contributed by atoms with E-state index in [9.17, 15) is 13.2 Å². The predicted octanol–water partition coefficient (Wildman–Crippen LogP) is 0.786. The first-order valence-electron chi connectivity index (χ1n) is 7.05. The highest BCUT2D eigenvalue weighted by atomic mass is 32.2. The molecule has 1 aliphatic rings. The molecule has 0 bridgehead atoms. The van der Waals surface area contributed by atoms with Crippen molar-refractivity contribution in [3.63, 3.8) is 0 Å². The van der Waals surface area contributed by atoms with Crippen LogP contribution in [0.1, 0.15) is 49.8 Å². The SMILES string of the molecule is CCCc1[nH]nc(C(=O)NCC2CC2(C)C)c1S(N)(=O)=O. The monoisotopic (exact) mass is 314 g/mol. The molecule has 0 radical (unpaired) electrons. The quantitative estimate of drug-likeness (QED) is 0.719. The second-order valence-corrected chi connectivity index (χ2v) is 7.77. The van der Waals surface area contributed by atoms with Crippen LogP contribution in [0.2, 0.25) is 0 Å². The Hall–Kier alpha value is -1.41. The lowest BCUT2D eigenvalue weighted by Gasteiger charge is -2.06. The van der Waals surface area contributed by atoms with Gasteiger partial charge in [0.25, 0.3) is 5.91 Å². The molecule has 1 fully saturated rings. The Labute approximate surface area is 124 Å². The van der Waals surface area contributed by atoms with E-state index >= 15 is 0 Å². The first-order chi connectivity index (χ1) is 9.66. The molecule has 0 aromatic carbocycles. The van der Waals surface area contributed by atoms with Crippen molar-refractivity contribution in [1.82, 2.24) is 15.5 Å². The van der Waals surface area contributed by atoms with Crippen LogP contribution in [0.15, 0.2) is 4.90 Å². The van der Waals surface area contributed by atoms with Gasteiger partial charge >= 0.3 is 0 Å². The third-order valence-corrected chi connectivity index (χ3v) is 5.03. The molecule has 1 aromatic heterocycles. The minimum Gasteiger partial charge on any atom is -0.350 e. The molecule has 1 atom stereocenters. The number of aromatic nitrogens is 2. The van der Waals surface area contributed by atoms with E-state index < -0.39 is 15.9 Å². The molecule has 1 heterocycles. The van der Waals surface area contributed by atoms with Gasteiger partial charge in [0, 0.05) is 6.54 Å². The number of aryl methyl sites for hydroxylation is 1. The number of rotatable bonds is 6. The van der Waals surface area contributed by atoms with E-state index in [0.717, 1.165) is 12.8 Å². The highest BCUT2D eigenvalue weighted by Crippen LogP contribution is 2.50. The first-order valence-corrected chi connectivity index (χ1v) is 8.59. The van der Waals surface area contributed by atoms with Crippen molar-refractivity contribution >= 4 is 15.9 Å². The molecule has 4 N–H and O–H groups in total. The van der Waals surface area contributed by atoms with Crippen LogP contribution in [0.4, 0.5) is 0 Å². The fourth-order valence-corrected chi connectivity index (χ4v) is 3.37. The fourth-order valence-electron chi connectivity index (χ4n) is 2.47. The number of hydrogen-bond acceptors (Lipinski definition) is 4. The normalized spacial score (nSPS) is 20.3. The third-order valence-electron chi connectivity index (χ3n) is 4.02. The molecule has 2 rings (SSSR count). The molecule has 0 spiro atoms. The summed E-state index contributed by atoms with van der Waals surface area (Å²) in [6.07, 6.45) is 2.25. The van der Waals surface area contributed by atoms with Crippen LogP contribution in [0.5, 0.6) is 0 Å². The molecule has 1 saturated carbocycles. The van der Waals surface area contributed by atoms with Crippen molar-refractivity contribution in [1.29, 1.82) is 0 Å². The summed E-state index contributed by atoms with van der Waals surface area (Å²) >= 11 is 0. The minimum absolute atomic E-state index is 0.139. The Morgan fingerprint density at radius 1 is 1.52 bits per heavy atom. The summed E-state index contributed by atoms with van der Waals surface area (Å²) in [6.45, 7) is 6.69. The molecule has 1 amide bonds. The van der Waals surface area contributed by atoms with Crippen LogP contribution >= 0.6 is 0 Å². The van der Waals surface area contributed by atoms with Gasteiger partial charge in [-0.25, -0.2) is 13.6 Å². The standard InChI is InChI=1S/C13H22N4O3S/c1-4-5-9-11(21(14,19)20)10(17-16-9)12(18)15-7-8-6-13(8,2)3/h8H,4-7H2,1-3H3,(H,15,18)(H,16,17)(H2,14,19,20). The molecule has 7 nitrogen and oxygen atoms in total. The largest absolute Gasteiger partial charge is 0.350 e. The Morgan fingerprint density at radius 3 is 2.62 bits per heavy atom. The summed E-state index contributed by atoms with van der Waals surface area (Å²) in [6, 6.07) is 0. The number of primary sulfonamides is 1. The van der Waals surface area contributed by atoms with E-state index in [1.165, 1.54) is 0 Å². The van der Waals surface area contributed by atoms with E-state index in [1.807, 2.05) is 6.92 Å². The lowest BCUT2D eigenvalue weighted by atomic mass is 10.1. The summed E-state index contributed by atoms with van der Waals surface area (Å²) in [5.41, 5.74) is 0.492. The second-order valence-electron chi connectivity index (χ2n) is 6.27. The summed E-state index contributed by atoms with van der Waals surface area (Å²) in [4.78, 5) is 12.0. The molecular weight excluding hydrogens is 292 g/mol. The van der Waals surface area contributed by atoms with Gasteiger partial charge in [-0.05, 0) is 24.2 Å². The number of nitrogens with two attached hydrogens (primary N) is 1. The second kappa shape index (κ2) is 5.42. The molecular formula is C13H22N4O3S. The van der Waals surface area contributed by atoms with Gasteiger partial charge in [0.15, 0.2) is 5.69 Å². The van der Waals surface area contributed by atoms with Gasteiger partial charge in [-0.3, -0.25) is 9.89 Å². The highest BCUT2D eigenvalue weighted by molar-refractivity contribution is 7.89. The zero-order chi connectivity index (χ0) is 15.8. The summed E-state index contributed by atoms with van der Waals surface area (Å²) < 4.78 is 23.4. The van der Waals surface area contributed by atoms with Crippen molar-refractivity contribution in [2.24, 2.45) is 16.5 Å². The molecule has 1 unspecified atom stereocenters. The van der Waals surface area contributed by atoms with E-state index in [4.69, 9.17) is 5.14 Å². The number of hydrogen-bond donors (Lipinski definition) is 3. The van der Waals surface area contributed by atoms with Gasteiger partial charge < -0.3 is 5.32 Å². The summed E-state index contributed by atoms with van der Waals surface area (Å²) in [5, 5.41) is 14.4. The molecule has 1 aliphatic carbocycles. The maximum Gasteiger partial charge on any atom is 0.273 e. The number of aromatic amines is 1. The van der Waals surface area contributed by atoms with Crippen LogP contribution in [-0.4, -0.2) is 31.1 Å². The Morgan fingerprint density at radius 2 is 2.14 bits per heavy atom.